The molecule has 43 heavy (non-hydrogen) atoms. The molecule has 5 heterocycles. The van der Waals surface area contributed by atoms with Crippen LogP contribution in [0.3, 0.4) is 0 Å². The van der Waals surface area contributed by atoms with E-state index in [2.05, 4.69) is 30.1 Å². The molecule has 0 radical (unpaired) electrons. The molecule has 0 spiro atoms. The topological polar surface area (TPSA) is 128 Å². The summed E-state index contributed by atoms with van der Waals surface area (Å²) < 4.78 is 71.6. The molecule has 10 nitrogen and oxygen atoms in total. The normalized spacial score (nSPS) is 19.8. The number of ether oxygens (including phenoxy) is 2. The molecule has 0 amide bonds. The van der Waals surface area contributed by atoms with E-state index in [0.717, 1.165) is 6.20 Å². The van der Waals surface area contributed by atoms with E-state index in [1.165, 1.54) is 19.4 Å². The number of anilines is 2. The second-order valence-electron chi connectivity index (χ2n) is 11.0. The van der Waals surface area contributed by atoms with Crippen LogP contribution in [0.25, 0.3) is 33.1 Å². The van der Waals surface area contributed by atoms with Crippen LogP contribution in [0.2, 0.25) is 0 Å². The van der Waals surface area contributed by atoms with E-state index in [0.29, 0.717) is 27.6 Å². The highest BCUT2D eigenvalue weighted by atomic mass is 19.3. The molecule has 0 saturated heterocycles. The molecule has 1 aromatic carbocycles. The molecule has 3 atom stereocenters. The van der Waals surface area contributed by atoms with E-state index in [9.17, 15) is 13.2 Å². The smallest absolute Gasteiger partial charge is 0.318 e. The molecule has 2 unspecified atom stereocenters. The molecule has 1 fully saturated rings. The van der Waals surface area contributed by atoms with Crippen LogP contribution in [0.4, 0.5) is 29.2 Å². The maximum atomic E-state index is 16.8. The van der Waals surface area contributed by atoms with Gasteiger partial charge in [-0.2, -0.15) is 15.1 Å². The molecular formula is C29H26F4N8O2. The highest BCUT2D eigenvalue weighted by molar-refractivity contribution is 6.02. The van der Waals surface area contributed by atoms with Crippen LogP contribution < -0.4 is 20.1 Å². The van der Waals surface area contributed by atoms with Gasteiger partial charge in [0, 0.05) is 22.9 Å². The molecule has 4 aromatic heterocycles. The first-order chi connectivity index (χ1) is 20.5. The van der Waals surface area contributed by atoms with Crippen LogP contribution in [0.1, 0.15) is 48.9 Å². The van der Waals surface area contributed by atoms with Gasteiger partial charge in [0.2, 0.25) is 5.88 Å². The van der Waals surface area contributed by atoms with E-state index < -0.39 is 35.6 Å². The fraction of sp³-hybridized carbons (Fsp3) is 0.345. The van der Waals surface area contributed by atoms with Crippen LogP contribution in [0, 0.1) is 18.6 Å². The fourth-order valence-electron chi connectivity index (χ4n) is 6.13. The van der Waals surface area contributed by atoms with Gasteiger partial charge in [0.25, 0.3) is 5.92 Å². The number of hydrogen-bond donors (Lipinski definition) is 2. The largest absolute Gasteiger partial charge is 0.475 e. The van der Waals surface area contributed by atoms with E-state index in [1.54, 1.807) is 24.8 Å². The number of methoxy groups -OCH3 is 1. The lowest BCUT2D eigenvalue weighted by Crippen LogP contribution is -2.39. The molecule has 1 aliphatic heterocycles. The molecule has 5 aromatic rings. The predicted octanol–water partition coefficient (Wildman–Crippen LogP) is 5.61. The number of fused-ring (bicyclic) bond motifs is 1. The Balaban J connectivity index is 1.51. The van der Waals surface area contributed by atoms with E-state index in [4.69, 9.17) is 15.2 Å². The van der Waals surface area contributed by atoms with E-state index in [-0.39, 0.29) is 58.7 Å². The number of halogens is 4. The first-order valence-corrected chi connectivity index (χ1v) is 13.6. The lowest BCUT2D eigenvalue weighted by Gasteiger charge is -2.34. The minimum absolute atomic E-state index is 0.0163. The summed E-state index contributed by atoms with van der Waals surface area (Å²) in [5.74, 6) is -5.10. The summed E-state index contributed by atoms with van der Waals surface area (Å²) in [6.07, 6.45) is 2.13. The van der Waals surface area contributed by atoms with Crippen molar-refractivity contribution in [1.82, 2.24) is 30.1 Å². The Morgan fingerprint density at radius 2 is 1.95 bits per heavy atom. The Bertz CT molecular complexity index is 1950. The van der Waals surface area contributed by atoms with Gasteiger partial charge in [-0.05, 0) is 44.0 Å². The number of hydrogen-bond acceptors (Lipinski definition) is 9. The molecular weight excluding hydrogens is 568 g/mol. The van der Waals surface area contributed by atoms with Crippen molar-refractivity contribution in [2.24, 2.45) is 0 Å². The summed E-state index contributed by atoms with van der Waals surface area (Å²) in [4.78, 5) is 19.2. The average molecular weight is 595 g/mol. The minimum Gasteiger partial charge on any atom is -0.475 e. The first kappa shape index (κ1) is 27.1. The Kier molecular flexibility index (Phi) is 5.91. The van der Waals surface area contributed by atoms with Crippen molar-refractivity contribution in [3.05, 3.63) is 52.9 Å². The monoisotopic (exact) mass is 594 g/mol. The van der Waals surface area contributed by atoms with Gasteiger partial charge in [0.15, 0.2) is 5.82 Å². The standard InChI is InChI=1S/C29H26F4N8O2/c1-11-5-18-16(9-36-40-18)20(19(11)17-7-29(17,32)33)23-22(31)24-21-26(39-28(38-24)42-4)41(12(2)10-43-27(21)37-23)13(3)15-6-14(30)8-35-25(15)34/h5-6,8-9,12-13,17H,7,10H2,1-4H3,(H2,34,35)(H,36,40)/t12-,13?,17?/m0/s1. The summed E-state index contributed by atoms with van der Waals surface area (Å²) in [7, 11) is 1.34. The predicted molar refractivity (Wildman–Crippen MR) is 150 cm³/mol. The Labute approximate surface area is 242 Å². The van der Waals surface area contributed by atoms with E-state index >= 15 is 4.39 Å². The summed E-state index contributed by atoms with van der Waals surface area (Å²) >= 11 is 0. The summed E-state index contributed by atoms with van der Waals surface area (Å²) in [6.45, 7) is 5.42. The molecule has 222 valence electrons. The Morgan fingerprint density at radius 3 is 2.67 bits per heavy atom. The number of pyridine rings is 2. The highest BCUT2D eigenvalue weighted by Gasteiger charge is 2.59. The maximum Gasteiger partial charge on any atom is 0.318 e. The number of aryl methyl sites for hydroxylation is 1. The Morgan fingerprint density at radius 1 is 1.19 bits per heavy atom. The van der Waals surface area contributed by atoms with Gasteiger partial charge in [-0.3, -0.25) is 5.10 Å². The number of rotatable bonds is 5. The van der Waals surface area contributed by atoms with Crippen molar-refractivity contribution in [3.63, 3.8) is 0 Å². The zero-order valence-electron chi connectivity index (χ0n) is 23.5. The van der Waals surface area contributed by atoms with Crippen molar-refractivity contribution in [3.8, 4) is 23.1 Å². The van der Waals surface area contributed by atoms with Crippen LogP contribution in [0.5, 0.6) is 11.9 Å². The maximum absolute atomic E-state index is 16.8. The fourth-order valence-corrected chi connectivity index (χ4v) is 6.13. The number of aromatic amines is 1. The third-order valence-corrected chi connectivity index (χ3v) is 8.26. The number of nitrogen functional groups attached to an aromatic ring is 1. The number of aromatic nitrogens is 6. The zero-order valence-corrected chi connectivity index (χ0v) is 23.5. The number of nitrogens with one attached hydrogen (secondary N) is 1. The van der Waals surface area contributed by atoms with Gasteiger partial charge in [-0.15, -0.1) is 0 Å². The van der Waals surface area contributed by atoms with Crippen molar-refractivity contribution in [1.29, 1.82) is 0 Å². The van der Waals surface area contributed by atoms with Crippen LogP contribution >= 0.6 is 0 Å². The van der Waals surface area contributed by atoms with Gasteiger partial charge in [0.1, 0.15) is 40.7 Å². The van der Waals surface area contributed by atoms with Crippen molar-refractivity contribution in [2.45, 2.75) is 51.1 Å². The van der Waals surface area contributed by atoms with Crippen molar-refractivity contribution < 1.29 is 27.0 Å². The van der Waals surface area contributed by atoms with Gasteiger partial charge in [-0.25, -0.2) is 27.5 Å². The second kappa shape index (κ2) is 9.38. The van der Waals surface area contributed by atoms with Crippen LogP contribution in [-0.2, 0) is 0 Å². The summed E-state index contributed by atoms with van der Waals surface area (Å²) in [6, 6.07) is 1.86. The second-order valence-corrected chi connectivity index (χ2v) is 11.0. The van der Waals surface area contributed by atoms with Gasteiger partial charge < -0.3 is 20.1 Å². The highest BCUT2D eigenvalue weighted by Crippen LogP contribution is 2.59. The zero-order chi connectivity index (χ0) is 30.4. The van der Waals surface area contributed by atoms with Crippen molar-refractivity contribution in [2.75, 3.05) is 24.4 Å². The lowest BCUT2D eigenvalue weighted by molar-refractivity contribution is 0.112. The van der Waals surface area contributed by atoms with Gasteiger partial charge >= 0.3 is 6.01 Å². The van der Waals surface area contributed by atoms with E-state index in [1.807, 2.05) is 6.92 Å². The number of nitrogens with two attached hydrogens (primary N) is 1. The lowest BCUT2D eigenvalue weighted by atomic mass is 9.91. The van der Waals surface area contributed by atoms with Crippen LogP contribution in [-0.4, -0.2) is 55.8 Å². The average Bonchev–Trinajstić information content (AvgIpc) is 3.39. The minimum atomic E-state index is -2.93. The molecule has 14 heteroatoms. The Hall–Kier alpha value is -4.75. The SMILES string of the molecule is COc1nc2c3c(nc(-c4c(C5CC5(F)F)c(C)cc5[nH]ncc45)c(F)c3n1)OC[C@H](C)N2C(C)c1cc(F)cnc1N. The number of nitrogens with zero attached hydrogens (tertiary/aromatic N) is 6. The van der Waals surface area contributed by atoms with Crippen molar-refractivity contribution >= 4 is 33.4 Å². The number of benzene rings is 1. The number of alkyl halides is 2. The third kappa shape index (κ3) is 4.10. The molecule has 2 aliphatic rings. The summed E-state index contributed by atoms with van der Waals surface area (Å²) in [5.41, 5.74) is 7.73. The third-order valence-electron chi connectivity index (χ3n) is 8.26. The van der Waals surface area contributed by atoms with Crippen LogP contribution in [0.15, 0.2) is 24.5 Å². The molecule has 0 bridgehead atoms. The van der Waals surface area contributed by atoms with Gasteiger partial charge in [0.05, 0.1) is 43.0 Å². The molecule has 7 rings (SSSR count). The molecule has 1 aliphatic carbocycles. The molecule has 1 saturated carbocycles. The quantitative estimate of drug-likeness (QED) is 0.250. The summed E-state index contributed by atoms with van der Waals surface area (Å²) in [5, 5.41) is 7.51. The van der Waals surface area contributed by atoms with Gasteiger partial charge in [-0.1, -0.05) is 0 Å². The first-order valence-electron chi connectivity index (χ1n) is 13.6. The number of H-pyrrole nitrogens is 1. The molecule has 3 N–H and O–H groups in total.